The van der Waals surface area contributed by atoms with Crippen LogP contribution in [0.15, 0.2) is 35.3 Å². The molecule has 0 bridgehead atoms. The van der Waals surface area contributed by atoms with Crippen LogP contribution in [0.5, 0.6) is 0 Å². The first-order valence-electron chi connectivity index (χ1n) is 4.57. The maximum absolute atomic E-state index is 5.61. The van der Waals surface area contributed by atoms with Gasteiger partial charge in [-0.25, -0.2) is 4.99 Å². The van der Waals surface area contributed by atoms with E-state index >= 15 is 0 Å². The highest BCUT2D eigenvalue weighted by atomic mass is 16.5. The standard InChI is InChI=1S/C11H13NO/c1-8-9(2)13-11(12-8)10-6-4-3-5-7-10/h3-9H,1-2H3/t8?,9-/m1/s1. The fraction of sp³-hybridized carbons (Fsp3) is 0.364. The molecule has 0 aromatic heterocycles. The summed E-state index contributed by atoms with van der Waals surface area (Å²) in [6.45, 7) is 4.12. The molecule has 0 saturated carbocycles. The Morgan fingerprint density at radius 1 is 1.15 bits per heavy atom. The topological polar surface area (TPSA) is 21.6 Å². The molecule has 1 aliphatic rings. The summed E-state index contributed by atoms with van der Waals surface area (Å²) in [5.41, 5.74) is 1.07. The van der Waals surface area contributed by atoms with Crippen molar-refractivity contribution < 1.29 is 4.74 Å². The minimum Gasteiger partial charge on any atom is -0.472 e. The van der Waals surface area contributed by atoms with Gasteiger partial charge < -0.3 is 4.74 Å². The van der Waals surface area contributed by atoms with Gasteiger partial charge in [0.1, 0.15) is 6.10 Å². The van der Waals surface area contributed by atoms with E-state index in [2.05, 4.69) is 11.9 Å². The van der Waals surface area contributed by atoms with Crippen LogP contribution in [0.2, 0.25) is 0 Å². The molecule has 2 heteroatoms. The highest BCUT2D eigenvalue weighted by Crippen LogP contribution is 2.16. The quantitative estimate of drug-likeness (QED) is 0.641. The van der Waals surface area contributed by atoms with E-state index in [1.54, 1.807) is 0 Å². The molecular formula is C11H13NO. The van der Waals surface area contributed by atoms with Crippen LogP contribution in [-0.4, -0.2) is 18.0 Å². The Kier molecular flexibility index (Phi) is 2.05. The van der Waals surface area contributed by atoms with Crippen molar-refractivity contribution in [3.05, 3.63) is 35.9 Å². The van der Waals surface area contributed by atoms with Crippen LogP contribution in [0.3, 0.4) is 0 Å². The zero-order chi connectivity index (χ0) is 9.26. The maximum Gasteiger partial charge on any atom is 0.216 e. The summed E-state index contributed by atoms with van der Waals surface area (Å²) in [7, 11) is 0. The predicted octanol–water partition coefficient (Wildman–Crippen LogP) is 2.24. The Bertz CT molecular complexity index is 318. The number of hydrogen-bond donors (Lipinski definition) is 0. The summed E-state index contributed by atoms with van der Waals surface area (Å²) in [5, 5.41) is 0. The fourth-order valence-electron chi connectivity index (χ4n) is 1.32. The lowest BCUT2D eigenvalue weighted by molar-refractivity contribution is 0.219. The minimum atomic E-state index is 0.204. The van der Waals surface area contributed by atoms with Crippen molar-refractivity contribution >= 4 is 5.90 Å². The van der Waals surface area contributed by atoms with Crippen LogP contribution in [0, 0.1) is 0 Å². The van der Waals surface area contributed by atoms with E-state index in [1.165, 1.54) is 0 Å². The first kappa shape index (κ1) is 8.30. The summed E-state index contributed by atoms with van der Waals surface area (Å²) in [5.74, 6) is 0.778. The molecule has 0 N–H and O–H groups in total. The van der Waals surface area contributed by atoms with Crippen molar-refractivity contribution in [1.29, 1.82) is 0 Å². The van der Waals surface area contributed by atoms with E-state index in [4.69, 9.17) is 4.74 Å². The molecule has 2 atom stereocenters. The molecule has 1 heterocycles. The molecule has 0 fully saturated rings. The summed E-state index contributed by atoms with van der Waals surface area (Å²) in [4.78, 5) is 4.43. The molecule has 0 amide bonds. The molecule has 2 nitrogen and oxygen atoms in total. The smallest absolute Gasteiger partial charge is 0.216 e. The molecule has 0 saturated heterocycles. The second kappa shape index (κ2) is 3.21. The number of ether oxygens (including phenoxy) is 1. The number of rotatable bonds is 1. The van der Waals surface area contributed by atoms with Crippen LogP contribution in [0.25, 0.3) is 0 Å². The van der Waals surface area contributed by atoms with Gasteiger partial charge in [-0.05, 0) is 26.0 Å². The van der Waals surface area contributed by atoms with E-state index in [-0.39, 0.29) is 12.1 Å². The molecule has 2 rings (SSSR count). The van der Waals surface area contributed by atoms with Gasteiger partial charge in [0, 0.05) is 5.56 Å². The number of benzene rings is 1. The van der Waals surface area contributed by atoms with Crippen molar-refractivity contribution in [3.8, 4) is 0 Å². The Morgan fingerprint density at radius 2 is 1.85 bits per heavy atom. The van der Waals surface area contributed by atoms with Gasteiger partial charge in [-0.15, -0.1) is 0 Å². The maximum atomic E-state index is 5.61. The molecule has 1 aliphatic heterocycles. The van der Waals surface area contributed by atoms with Gasteiger partial charge in [-0.1, -0.05) is 18.2 Å². The highest BCUT2D eigenvalue weighted by molar-refractivity contribution is 5.95. The Labute approximate surface area is 78.3 Å². The van der Waals surface area contributed by atoms with Gasteiger partial charge in [-0.2, -0.15) is 0 Å². The monoisotopic (exact) mass is 175 g/mol. The first-order valence-corrected chi connectivity index (χ1v) is 4.57. The zero-order valence-electron chi connectivity index (χ0n) is 7.90. The highest BCUT2D eigenvalue weighted by Gasteiger charge is 2.23. The van der Waals surface area contributed by atoms with E-state index in [1.807, 2.05) is 37.3 Å². The normalized spacial score (nSPS) is 26.8. The summed E-state index contributed by atoms with van der Waals surface area (Å²) >= 11 is 0. The minimum absolute atomic E-state index is 0.204. The fourth-order valence-corrected chi connectivity index (χ4v) is 1.32. The third-order valence-electron chi connectivity index (χ3n) is 2.32. The van der Waals surface area contributed by atoms with Crippen LogP contribution < -0.4 is 0 Å². The molecule has 13 heavy (non-hydrogen) atoms. The molecule has 0 spiro atoms. The first-order chi connectivity index (χ1) is 6.27. The Hall–Kier alpha value is -1.31. The van der Waals surface area contributed by atoms with Gasteiger partial charge in [0.25, 0.3) is 0 Å². The third-order valence-corrected chi connectivity index (χ3v) is 2.32. The van der Waals surface area contributed by atoms with Crippen LogP contribution in [0.1, 0.15) is 19.4 Å². The second-order valence-electron chi connectivity index (χ2n) is 3.36. The summed E-state index contributed by atoms with van der Waals surface area (Å²) < 4.78 is 5.61. The van der Waals surface area contributed by atoms with Gasteiger partial charge in [0.2, 0.25) is 5.90 Å². The van der Waals surface area contributed by atoms with Crippen molar-refractivity contribution in [2.75, 3.05) is 0 Å². The van der Waals surface area contributed by atoms with Crippen molar-refractivity contribution in [1.82, 2.24) is 0 Å². The van der Waals surface area contributed by atoms with Gasteiger partial charge in [-0.3, -0.25) is 0 Å². The number of hydrogen-bond acceptors (Lipinski definition) is 2. The summed E-state index contributed by atoms with van der Waals surface area (Å²) in [6.07, 6.45) is 0.204. The largest absolute Gasteiger partial charge is 0.472 e. The van der Waals surface area contributed by atoms with E-state index in [0.29, 0.717) is 0 Å². The molecular weight excluding hydrogens is 162 g/mol. The molecule has 0 aliphatic carbocycles. The lowest BCUT2D eigenvalue weighted by atomic mass is 10.2. The lowest BCUT2D eigenvalue weighted by Gasteiger charge is -2.07. The molecule has 68 valence electrons. The summed E-state index contributed by atoms with van der Waals surface area (Å²) in [6, 6.07) is 10.3. The van der Waals surface area contributed by atoms with Crippen molar-refractivity contribution in [2.24, 2.45) is 4.99 Å². The number of nitrogens with zero attached hydrogens (tertiary/aromatic N) is 1. The van der Waals surface area contributed by atoms with Crippen LogP contribution >= 0.6 is 0 Å². The second-order valence-corrected chi connectivity index (χ2v) is 3.36. The third kappa shape index (κ3) is 1.57. The molecule has 1 unspecified atom stereocenters. The van der Waals surface area contributed by atoms with Gasteiger partial charge in [0.15, 0.2) is 0 Å². The average molecular weight is 175 g/mol. The van der Waals surface area contributed by atoms with E-state index in [0.717, 1.165) is 11.5 Å². The van der Waals surface area contributed by atoms with Crippen molar-refractivity contribution in [2.45, 2.75) is 26.0 Å². The molecule has 1 aromatic rings. The van der Waals surface area contributed by atoms with Gasteiger partial charge in [0.05, 0.1) is 6.04 Å². The molecule has 0 radical (unpaired) electrons. The van der Waals surface area contributed by atoms with E-state index < -0.39 is 0 Å². The van der Waals surface area contributed by atoms with E-state index in [9.17, 15) is 0 Å². The lowest BCUT2D eigenvalue weighted by Crippen LogP contribution is -2.14. The average Bonchev–Trinajstić information content (AvgIpc) is 2.49. The Balaban J connectivity index is 2.25. The number of aliphatic imine (C=N–C) groups is 1. The zero-order valence-corrected chi connectivity index (χ0v) is 7.90. The SMILES string of the molecule is CC1N=C(c2ccccc2)O[C@@H]1C. The van der Waals surface area contributed by atoms with Crippen molar-refractivity contribution in [3.63, 3.8) is 0 Å². The Morgan fingerprint density at radius 3 is 2.38 bits per heavy atom. The predicted molar refractivity (Wildman–Crippen MR) is 53.0 cm³/mol. The molecule has 1 aromatic carbocycles. The van der Waals surface area contributed by atoms with Crippen LogP contribution in [0.4, 0.5) is 0 Å². The van der Waals surface area contributed by atoms with Gasteiger partial charge >= 0.3 is 0 Å². The van der Waals surface area contributed by atoms with Crippen LogP contribution in [-0.2, 0) is 4.74 Å².